The van der Waals surface area contributed by atoms with E-state index in [0.29, 0.717) is 0 Å². The quantitative estimate of drug-likeness (QED) is 0.200. The van der Waals surface area contributed by atoms with Crippen LogP contribution in [0.25, 0.3) is 0 Å². The number of hydrogen-bond donors (Lipinski definition) is 0. The smallest absolute Gasteiger partial charge is 0.0134 e. The van der Waals surface area contributed by atoms with E-state index in [0.717, 1.165) is 8.58 Å². The van der Waals surface area contributed by atoms with Crippen molar-refractivity contribution >= 4 is 25.6 Å². The zero-order valence-electron chi connectivity index (χ0n) is 22.5. The summed E-state index contributed by atoms with van der Waals surface area (Å²) in [5.74, 6) is 1.20. The molecular formula is C30H47PS. The van der Waals surface area contributed by atoms with Crippen molar-refractivity contribution in [1.29, 1.82) is 0 Å². The van der Waals surface area contributed by atoms with Gasteiger partial charge in [0.2, 0.25) is 0 Å². The summed E-state index contributed by atoms with van der Waals surface area (Å²) in [4.78, 5) is 1.55. The third-order valence-corrected chi connectivity index (χ3v) is 9.29. The SMILES string of the molecule is CCCc1cc(C)c(SCCPc2c(C)cc(C(C)(C)C)cc2C(C)(C)C)c(CCC)c1. The van der Waals surface area contributed by atoms with Crippen LogP contribution in [0.3, 0.4) is 0 Å². The van der Waals surface area contributed by atoms with Gasteiger partial charge in [0, 0.05) is 10.6 Å². The van der Waals surface area contributed by atoms with Crippen molar-refractivity contribution in [3.05, 3.63) is 57.6 Å². The first-order valence-corrected chi connectivity index (χ1v) is 14.7. The minimum atomic E-state index is 0.182. The van der Waals surface area contributed by atoms with Gasteiger partial charge in [-0.3, -0.25) is 0 Å². The summed E-state index contributed by atoms with van der Waals surface area (Å²) in [6.07, 6.45) is 6.10. The standard InChI is InChI=1S/C30H47PS/c1-11-13-23-17-22(4)28(24(19-23)14-12-2)32-16-15-31-27-21(3)18-25(29(5,6)7)20-26(27)30(8,9)10/h17-20,31H,11-16H2,1-10H3. The molecular weight excluding hydrogens is 423 g/mol. The van der Waals surface area contributed by atoms with E-state index in [1.54, 1.807) is 21.3 Å². The zero-order chi connectivity index (χ0) is 24.1. The third kappa shape index (κ3) is 7.36. The highest BCUT2D eigenvalue weighted by Gasteiger charge is 2.23. The first-order valence-electron chi connectivity index (χ1n) is 12.5. The molecule has 178 valence electrons. The van der Waals surface area contributed by atoms with Gasteiger partial charge in [-0.2, -0.15) is 0 Å². The predicted molar refractivity (Wildman–Crippen MR) is 151 cm³/mol. The second-order valence-electron chi connectivity index (χ2n) is 11.4. The lowest BCUT2D eigenvalue weighted by atomic mass is 9.79. The Labute approximate surface area is 205 Å². The highest BCUT2D eigenvalue weighted by atomic mass is 32.2. The number of rotatable bonds is 9. The van der Waals surface area contributed by atoms with Gasteiger partial charge in [0.25, 0.3) is 0 Å². The molecule has 2 aromatic carbocycles. The Kier molecular flexibility index (Phi) is 9.93. The Hall–Kier alpha value is -0.780. The molecule has 2 aromatic rings. The van der Waals surface area contributed by atoms with Crippen LogP contribution in [0.1, 0.15) is 102 Å². The maximum atomic E-state index is 2.50. The fourth-order valence-corrected chi connectivity index (χ4v) is 7.29. The Morgan fingerprint density at radius 1 is 0.781 bits per heavy atom. The van der Waals surface area contributed by atoms with Crippen LogP contribution in [0.15, 0.2) is 29.2 Å². The summed E-state index contributed by atoms with van der Waals surface area (Å²) >= 11 is 2.09. The van der Waals surface area contributed by atoms with E-state index < -0.39 is 0 Å². The molecule has 1 atom stereocenters. The van der Waals surface area contributed by atoms with E-state index in [9.17, 15) is 0 Å². The van der Waals surface area contributed by atoms with Crippen molar-refractivity contribution in [2.75, 3.05) is 11.9 Å². The summed E-state index contributed by atoms with van der Waals surface area (Å²) < 4.78 is 0. The monoisotopic (exact) mass is 470 g/mol. The van der Waals surface area contributed by atoms with Crippen LogP contribution in [-0.2, 0) is 23.7 Å². The molecule has 0 spiro atoms. The Bertz CT molecular complexity index is 897. The van der Waals surface area contributed by atoms with E-state index in [-0.39, 0.29) is 10.8 Å². The maximum absolute atomic E-state index is 2.50. The Morgan fingerprint density at radius 3 is 2.00 bits per heavy atom. The van der Waals surface area contributed by atoms with Crippen LogP contribution in [0.5, 0.6) is 0 Å². The van der Waals surface area contributed by atoms with Gasteiger partial charge in [-0.05, 0) is 82.4 Å². The van der Waals surface area contributed by atoms with Gasteiger partial charge in [0.15, 0.2) is 0 Å². The third-order valence-electron chi connectivity index (χ3n) is 6.13. The second kappa shape index (κ2) is 11.6. The molecule has 0 saturated heterocycles. The van der Waals surface area contributed by atoms with E-state index in [4.69, 9.17) is 0 Å². The van der Waals surface area contributed by atoms with E-state index in [1.807, 2.05) is 0 Å². The van der Waals surface area contributed by atoms with Gasteiger partial charge >= 0.3 is 0 Å². The molecule has 0 aliphatic heterocycles. The molecule has 0 N–H and O–H groups in total. The van der Waals surface area contributed by atoms with Crippen molar-refractivity contribution < 1.29 is 0 Å². The molecule has 2 heteroatoms. The highest BCUT2D eigenvalue weighted by molar-refractivity contribution is 7.99. The summed E-state index contributed by atoms with van der Waals surface area (Å²) in [5.41, 5.74) is 9.45. The molecule has 1 unspecified atom stereocenters. The van der Waals surface area contributed by atoms with Gasteiger partial charge in [0.05, 0.1) is 0 Å². The molecule has 0 bridgehead atoms. The second-order valence-corrected chi connectivity index (χ2v) is 13.9. The first-order chi connectivity index (χ1) is 14.9. The predicted octanol–water partition coefficient (Wildman–Crippen LogP) is 8.90. The fourth-order valence-electron chi connectivity index (χ4n) is 4.40. The molecule has 0 fully saturated rings. The molecule has 0 saturated carbocycles. The van der Waals surface area contributed by atoms with Gasteiger partial charge in [-0.15, -0.1) is 11.8 Å². The van der Waals surface area contributed by atoms with Crippen molar-refractivity contribution in [1.82, 2.24) is 0 Å². The summed E-state index contributed by atoms with van der Waals surface area (Å²) in [6.45, 7) is 23.3. The fraction of sp³-hybridized carbons (Fsp3) is 0.600. The Balaban J connectivity index is 2.19. The molecule has 0 radical (unpaired) electrons. The molecule has 32 heavy (non-hydrogen) atoms. The van der Waals surface area contributed by atoms with E-state index in [2.05, 4.69) is 105 Å². The van der Waals surface area contributed by atoms with Crippen molar-refractivity contribution in [2.45, 2.75) is 111 Å². The number of thioether (sulfide) groups is 1. The molecule has 0 aliphatic rings. The lowest BCUT2D eigenvalue weighted by Gasteiger charge is -2.29. The first kappa shape index (κ1) is 27.5. The molecule has 0 nitrogen and oxygen atoms in total. The van der Waals surface area contributed by atoms with Crippen LogP contribution in [0.2, 0.25) is 0 Å². The molecule has 2 rings (SSSR count). The normalized spacial score (nSPS) is 12.8. The number of hydrogen-bond acceptors (Lipinski definition) is 1. The average Bonchev–Trinajstić information content (AvgIpc) is 2.66. The van der Waals surface area contributed by atoms with Crippen LogP contribution in [-0.4, -0.2) is 11.9 Å². The lowest BCUT2D eigenvalue weighted by molar-refractivity contribution is 0.570. The van der Waals surface area contributed by atoms with Crippen molar-refractivity contribution in [3.8, 4) is 0 Å². The molecule has 0 aromatic heterocycles. The highest BCUT2D eigenvalue weighted by Crippen LogP contribution is 2.34. The van der Waals surface area contributed by atoms with Gasteiger partial charge in [0.1, 0.15) is 0 Å². The molecule has 0 aliphatic carbocycles. The van der Waals surface area contributed by atoms with Gasteiger partial charge < -0.3 is 0 Å². The summed E-state index contributed by atoms with van der Waals surface area (Å²) in [6, 6.07) is 9.86. The largest absolute Gasteiger partial charge is 0.125 e. The van der Waals surface area contributed by atoms with E-state index in [1.165, 1.54) is 59.9 Å². The van der Waals surface area contributed by atoms with Gasteiger partial charge in [-0.25, -0.2) is 0 Å². The molecule has 0 heterocycles. The number of aryl methyl sites for hydroxylation is 4. The summed E-state index contributed by atoms with van der Waals surface area (Å²) in [7, 11) is 0.879. The van der Waals surface area contributed by atoms with Crippen LogP contribution in [0.4, 0.5) is 0 Å². The van der Waals surface area contributed by atoms with Crippen LogP contribution in [0, 0.1) is 13.8 Å². The summed E-state index contributed by atoms with van der Waals surface area (Å²) in [5, 5.41) is 1.61. The topological polar surface area (TPSA) is 0 Å². The van der Waals surface area contributed by atoms with Crippen LogP contribution >= 0.6 is 20.3 Å². The minimum Gasteiger partial charge on any atom is -0.125 e. The van der Waals surface area contributed by atoms with Crippen molar-refractivity contribution in [2.24, 2.45) is 0 Å². The van der Waals surface area contributed by atoms with Gasteiger partial charge in [-0.1, -0.05) is 101 Å². The lowest BCUT2D eigenvalue weighted by Crippen LogP contribution is -2.25. The van der Waals surface area contributed by atoms with Crippen LogP contribution < -0.4 is 5.30 Å². The zero-order valence-corrected chi connectivity index (χ0v) is 24.3. The van der Waals surface area contributed by atoms with Crippen molar-refractivity contribution in [3.63, 3.8) is 0 Å². The molecule has 0 amide bonds. The average molecular weight is 471 g/mol. The number of benzene rings is 2. The Morgan fingerprint density at radius 2 is 1.44 bits per heavy atom. The van der Waals surface area contributed by atoms with E-state index >= 15 is 0 Å². The minimum absolute atomic E-state index is 0.182. The maximum Gasteiger partial charge on any atom is 0.0134 e.